The molecule has 4 nitrogen and oxygen atoms in total. The summed E-state index contributed by atoms with van der Waals surface area (Å²) in [4.78, 5) is 12.3. The number of carbonyl (C=O) groups is 1. The fourth-order valence-corrected chi connectivity index (χ4v) is 1.90. The first-order valence-electron chi connectivity index (χ1n) is 6.30. The first-order chi connectivity index (χ1) is 9.70. The van der Waals surface area contributed by atoms with Crippen LogP contribution in [0.1, 0.15) is 31.4 Å². The number of nitrogens with zero attached hydrogens (tertiary/aromatic N) is 2. The van der Waals surface area contributed by atoms with Gasteiger partial charge in [-0.2, -0.15) is 18.4 Å². The highest BCUT2D eigenvalue weighted by atomic mass is 19.4. The van der Waals surface area contributed by atoms with Gasteiger partial charge >= 0.3 is 12.1 Å². The second kappa shape index (κ2) is 6.48. The Morgan fingerprint density at radius 2 is 2.10 bits per heavy atom. The van der Waals surface area contributed by atoms with Crippen molar-refractivity contribution in [3.63, 3.8) is 0 Å². The van der Waals surface area contributed by atoms with Gasteiger partial charge in [0.1, 0.15) is 12.6 Å². The molecule has 114 valence electrons. The fourth-order valence-electron chi connectivity index (χ4n) is 1.90. The van der Waals surface area contributed by atoms with Crippen molar-refractivity contribution >= 4 is 11.7 Å². The summed E-state index contributed by atoms with van der Waals surface area (Å²) in [6, 6.07) is 4.23. The minimum absolute atomic E-state index is 0.189. The summed E-state index contributed by atoms with van der Waals surface area (Å²) in [6.45, 7) is 3.20. The van der Waals surface area contributed by atoms with Crippen molar-refractivity contribution in [1.29, 1.82) is 5.26 Å². The van der Waals surface area contributed by atoms with Crippen LogP contribution < -0.4 is 4.90 Å². The number of halogens is 3. The molecular weight excluding hydrogens is 285 g/mol. The number of carboxylic acid groups (broad SMARTS) is 1. The summed E-state index contributed by atoms with van der Waals surface area (Å²) in [5.74, 6) is -1.11. The number of carboxylic acids is 1. The molecule has 0 bridgehead atoms. The maximum atomic E-state index is 12.7. The number of hydrogen-bond acceptors (Lipinski definition) is 3. The smallest absolute Gasteiger partial charge is 0.416 e. The molecule has 0 spiro atoms. The van der Waals surface area contributed by atoms with E-state index in [0.717, 1.165) is 18.2 Å². The van der Waals surface area contributed by atoms with Crippen molar-refractivity contribution in [3.05, 3.63) is 29.3 Å². The van der Waals surface area contributed by atoms with Gasteiger partial charge in [0.2, 0.25) is 0 Å². The van der Waals surface area contributed by atoms with Crippen molar-refractivity contribution in [1.82, 2.24) is 0 Å². The molecule has 0 saturated carbocycles. The summed E-state index contributed by atoms with van der Waals surface area (Å²) in [5, 5.41) is 18.0. The molecule has 1 unspecified atom stereocenters. The van der Waals surface area contributed by atoms with E-state index in [1.54, 1.807) is 13.0 Å². The number of anilines is 1. The average Bonchev–Trinajstić information content (AvgIpc) is 2.42. The minimum Gasteiger partial charge on any atom is -0.480 e. The topological polar surface area (TPSA) is 64.3 Å². The molecule has 0 radical (unpaired) electrons. The third-order valence-corrected chi connectivity index (χ3v) is 3.18. The van der Waals surface area contributed by atoms with Crippen LogP contribution in [0.3, 0.4) is 0 Å². The number of nitriles is 1. The molecule has 0 aliphatic heterocycles. The van der Waals surface area contributed by atoms with E-state index < -0.39 is 17.7 Å². The first-order valence-corrected chi connectivity index (χ1v) is 6.30. The third-order valence-electron chi connectivity index (χ3n) is 3.18. The van der Waals surface area contributed by atoms with Gasteiger partial charge in [-0.25, -0.2) is 0 Å². The predicted molar refractivity (Wildman–Crippen MR) is 70.9 cm³/mol. The van der Waals surface area contributed by atoms with Crippen molar-refractivity contribution in [2.45, 2.75) is 32.5 Å². The first kappa shape index (κ1) is 16.8. The summed E-state index contributed by atoms with van der Waals surface area (Å²) in [7, 11) is 0. The van der Waals surface area contributed by atoms with E-state index in [0.29, 0.717) is 6.42 Å². The lowest BCUT2D eigenvalue weighted by Crippen LogP contribution is -2.37. The molecule has 1 N–H and O–H groups in total. The molecule has 7 heteroatoms. The van der Waals surface area contributed by atoms with Crippen LogP contribution in [0.15, 0.2) is 18.2 Å². The molecule has 0 fully saturated rings. The van der Waals surface area contributed by atoms with Crippen LogP contribution >= 0.6 is 0 Å². The van der Waals surface area contributed by atoms with Crippen molar-refractivity contribution < 1.29 is 23.1 Å². The van der Waals surface area contributed by atoms with Gasteiger partial charge in [-0.15, -0.1) is 0 Å². The fraction of sp³-hybridized carbons (Fsp3) is 0.429. The zero-order valence-corrected chi connectivity index (χ0v) is 11.6. The lowest BCUT2D eigenvalue weighted by Gasteiger charge is -2.30. The normalized spacial score (nSPS) is 12.6. The van der Waals surface area contributed by atoms with Crippen molar-refractivity contribution in [2.75, 3.05) is 11.4 Å². The second-order valence-electron chi connectivity index (χ2n) is 4.62. The van der Waals surface area contributed by atoms with Crippen LogP contribution in [0.2, 0.25) is 0 Å². The lowest BCUT2D eigenvalue weighted by atomic mass is 10.1. The zero-order chi connectivity index (χ0) is 16.2. The summed E-state index contributed by atoms with van der Waals surface area (Å²) in [6.07, 6.45) is -3.95. The number of alkyl halides is 3. The van der Waals surface area contributed by atoms with E-state index >= 15 is 0 Å². The van der Waals surface area contributed by atoms with Crippen LogP contribution in [0.5, 0.6) is 0 Å². The zero-order valence-electron chi connectivity index (χ0n) is 11.6. The number of benzene rings is 1. The largest absolute Gasteiger partial charge is 0.480 e. The summed E-state index contributed by atoms with van der Waals surface area (Å²) in [5.41, 5.74) is -0.921. The molecule has 1 aromatic carbocycles. The van der Waals surface area contributed by atoms with Crippen molar-refractivity contribution in [2.24, 2.45) is 0 Å². The highest BCUT2D eigenvalue weighted by Crippen LogP contribution is 2.33. The maximum absolute atomic E-state index is 12.7. The number of aliphatic carboxylic acids is 1. The van der Waals surface area contributed by atoms with E-state index in [1.165, 1.54) is 4.90 Å². The third kappa shape index (κ3) is 4.12. The van der Waals surface area contributed by atoms with E-state index in [2.05, 4.69) is 0 Å². The Kier molecular flexibility index (Phi) is 5.19. The molecule has 0 aromatic heterocycles. The van der Waals surface area contributed by atoms with Gasteiger partial charge in [0.15, 0.2) is 0 Å². The van der Waals surface area contributed by atoms with Crippen LogP contribution in [0, 0.1) is 11.3 Å². The van der Waals surface area contributed by atoms with E-state index in [-0.39, 0.29) is 23.8 Å². The molecule has 1 atom stereocenters. The highest BCUT2D eigenvalue weighted by Gasteiger charge is 2.32. The average molecular weight is 300 g/mol. The maximum Gasteiger partial charge on any atom is 0.416 e. The molecule has 0 saturated heterocycles. The van der Waals surface area contributed by atoms with Crippen LogP contribution in [0.4, 0.5) is 18.9 Å². The van der Waals surface area contributed by atoms with E-state index in [9.17, 15) is 18.0 Å². The Labute approximate surface area is 120 Å². The molecule has 0 amide bonds. The van der Waals surface area contributed by atoms with Gasteiger partial charge in [0.05, 0.1) is 16.8 Å². The predicted octanol–water partition coefficient (Wildman–Crippen LogP) is 3.27. The van der Waals surface area contributed by atoms with Gasteiger partial charge in [0, 0.05) is 6.04 Å². The van der Waals surface area contributed by atoms with Gasteiger partial charge in [-0.1, -0.05) is 6.92 Å². The summed E-state index contributed by atoms with van der Waals surface area (Å²) < 4.78 is 38.0. The molecule has 0 heterocycles. The Balaban J connectivity index is 3.32. The van der Waals surface area contributed by atoms with Crippen LogP contribution in [0.25, 0.3) is 0 Å². The summed E-state index contributed by atoms with van der Waals surface area (Å²) >= 11 is 0. The lowest BCUT2D eigenvalue weighted by molar-refractivity contribution is -0.138. The Bertz CT molecular complexity index is 564. The van der Waals surface area contributed by atoms with Gasteiger partial charge in [0.25, 0.3) is 0 Å². The molecular formula is C14H15F3N2O2. The van der Waals surface area contributed by atoms with Crippen molar-refractivity contribution in [3.8, 4) is 6.07 Å². The standard InChI is InChI=1S/C14H15F3N2O2/c1-3-9(2)19(8-13(20)21)12-5-4-11(14(15,16)17)6-10(12)7-18/h4-6,9H,3,8H2,1-2H3,(H,20,21). The van der Waals surface area contributed by atoms with Gasteiger partial charge in [-0.3, -0.25) is 4.79 Å². The molecule has 1 aromatic rings. The van der Waals surface area contributed by atoms with Gasteiger partial charge in [-0.05, 0) is 31.5 Å². The Morgan fingerprint density at radius 3 is 2.52 bits per heavy atom. The molecule has 21 heavy (non-hydrogen) atoms. The highest BCUT2D eigenvalue weighted by molar-refractivity contribution is 5.75. The number of rotatable bonds is 5. The molecule has 1 rings (SSSR count). The Morgan fingerprint density at radius 1 is 1.48 bits per heavy atom. The van der Waals surface area contributed by atoms with Crippen LogP contribution in [-0.4, -0.2) is 23.7 Å². The van der Waals surface area contributed by atoms with E-state index in [1.807, 2.05) is 6.92 Å². The second-order valence-corrected chi connectivity index (χ2v) is 4.62. The minimum atomic E-state index is -4.54. The van der Waals surface area contributed by atoms with Crippen LogP contribution in [-0.2, 0) is 11.0 Å². The monoisotopic (exact) mass is 300 g/mol. The molecule has 0 aliphatic rings. The van der Waals surface area contributed by atoms with E-state index in [4.69, 9.17) is 10.4 Å². The molecule has 0 aliphatic carbocycles. The SMILES string of the molecule is CCC(C)N(CC(=O)O)c1ccc(C(F)(F)F)cc1C#N. The Hall–Kier alpha value is -2.23. The quantitative estimate of drug-likeness (QED) is 0.906. The number of hydrogen-bond donors (Lipinski definition) is 1. The van der Waals surface area contributed by atoms with Gasteiger partial charge < -0.3 is 10.0 Å².